The Morgan fingerprint density at radius 1 is 1.26 bits per heavy atom. The van der Waals surface area contributed by atoms with Crippen LogP contribution >= 0.6 is 0 Å². The number of benzene rings is 1. The van der Waals surface area contributed by atoms with Crippen molar-refractivity contribution in [2.24, 2.45) is 0 Å². The van der Waals surface area contributed by atoms with E-state index in [4.69, 9.17) is 4.74 Å². The van der Waals surface area contributed by atoms with Gasteiger partial charge in [0.15, 0.2) is 5.94 Å². The summed E-state index contributed by atoms with van der Waals surface area (Å²) in [5.74, 6) is -0.752. The maximum absolute atomic E-state index is 11.9. The van der Waals surface area contributed by atoms with Gasteiger partial charge in [-0.25, -0.2) is 4.79 Å². The van der Waals surface area contributed by atoms with E-state index in [-0.39, 0.29) is 0 Å². The van der Waals surface area contributed by atoms with E-state index < -0.39 is 23.0 Å². The fraction of sp³-hybridized carbons (Fsp3) is 0.500. The van der Waals surface area contributed by atoms with Crippen LogP contribution in [0.5, 0.6) is 0 Å². The van der Waals surface area contributed by atoms with Crippen LogP contribution < -0.4 is 0 Å². The zero-order valence-electron chi connectivity index (χ0n) is 10.7. The second-order valence-electron chi connectivity index (χ2n) is 4.78. The second kappa shape index (κ2) is 6.82. The Balaban J connectivity index is 2.15. The van der Waals surface area contributed by atoms with Gasteiger partial charge in [-0.2, -0.15) is 0 Å². The van der Waals surface area contributed by atoms with Crippen molar-refractivity contribution in [3.8, 4) is 0 Å². The summed E-state index contributed by atoms with van der Waals surface area (Å²) < 4.78 is 25.7. The number of hydrogen-bond acceptors (Lipinski definition) is 4. The first-order valence-corrected chi connectivity index (χ1v) is 7.75. The molecule has 0 bridgehead atoms. The van der Waals surface area contributed by atoms with Gasteiger partial charge < -0.3 is 9.29 Å². The summed E-state index contributed by atoms with van der Waals surface area (Å²) in [7, 11) is 0. The van der Waals surface area contributed by atoms with Crippen LogP contribution in [-0.4, -0.2) is 20.7 Å². The minimum Gasteiger partial charge on any atom is -0.770 e. The lowest BCUT2D eigenvalue weighted by molar-refractivity contribution is 0.0567. The van der Waals surface area contributed by atoms with Crippen LogP contribution in [0.1, 0.15) is 53.9 Å². The van der Waals surface area contributed by atoms with Gasteiger partial charge in [0.25, 0.3) is 0 Å². The highest BCUT2D eigenvalue weighted by atomic mass is 32.2. The number of carbonyl (C=O) groups is 1. The largest absolute Gasteiger partial charge is 0.770 e. The van der Waals surface area contributed by atoms with Crippen molar-refractivity contribution >= 4 is 17.0 Å². The van der Waals surface area contributed by atoms with E-state index in [0.29, 0.717) is 11.5 Å². The Kier molecular flexibility index (Phi) is 5.10. The van der Waals surface area contributed by atoms with E-state index in [1.54, 1.807) is 12.1 Å². The maximum atomic E-state index is 11.9. The highest BCUT2D eigenvalue weighted by Gasteiger charge is 2.21. The molecule has 0 N–H and O–H groups in total. The third-order valence-corrected chi connectivity index (χ3v) is 3.82. The van der Waals surface area contributed by atoms with E-state index in [1.807, 2.05) is 12.1 Å². The third-order valence-electron chi connectivity index (χ3n) is 3.51. The SMILES string of the molecule is O=C(OCS(=O)[O-])c1ccccc1C1CCCCC1. The van der Waals surface area contributed by atoms with Gasteiger partial charge in [0.05, 0.1) is 5.56 Å². The van der Waals surface area contributed by atoms with Crippen molar-refractivity contribution in [2.45, 2.75) is 38.0 Å². The second-order valence-corrected chi connectivity index (χ2v) is 5.62. The fourth-order valence-electron chi connectivity index (χ4n) is 2.63. The van der Waals surface area contributed by atoms with Crippen LogP contribution in [0.15, 0.2) is 24.3 Å². The molecule has 0 spiro atoms. The zero-order valence-corrected chi connectivity index (χ0v) is 11.5. The number of rotatable bonds is 4. The van der Waals surface area contributed by atoms with Crippen LogP contribution in [0, 0.1) is 0 Å². The molecule has 5 heteroatoms. The molecular weight excluding hydrogens is 264 g/mol. The lowest BCUT2D eigenvalue weighted by Crippen LogP contribution is -2.14. The molecule has 1 aliphatic carbocycles. The summed E-state index contributed by atoms with van der Waals surface area (Å²) >= 11 is -2.36. The number of ether oxygens (including phenoxy) is 1. The highest BCUT2D eigenvalue weighted by Crippen LogP contribution is 2.34. The lowest BCUT2D eigenvalue weighted by atomic mass is 9.82. The summed E-state index contributed by atoms with van der Waals surface area (Å²) in [6.45, 7) is 0. The molecule has 0 saturated heterocycles. The van der Waals surface area contributed by atoms with Crippen molar-refractivity contribution in [2.75, 3.05) is 5.94 Å². The Labute approximate surface area is 115 Å². The maximum Gasteiger partial charge on any atom is 0.339 e. The zero-order chi connectivity index (χ0) is 13.7. The lowest BCUT2D eigenvalue weighted by Gasteiger charge is -2.23. The van der Waals surface area contributed by atoms with E-state index in [1.165, 1.54) is 19.3 Å². The van der Waals surface area contributed by atoms with Crippen LogP contribution in [0.3, 0.4) is 0 Å². The molecule has 0 aliphatic heterocycles. The summed E-state index contributed by atoms with van der Waals surface area (Å²) in [6, 6.07) is 7.34. The van der Waals surface area contributed by atoms with Crippen molar-refractivity contribution in [3.05, 3.63) is 35.4 Å². The molecule has 4 nitrogen and oxygen atoms in total. The van der Waals surface area contributed by atoms with Crippen LogP contribution in [-0.2, 0) is 15.8 Å². The molecule has 1 atom stereocenters. The number of esters is 1. The van der Waals surface area contributed by atoms with Gasteiger partial charge in [-0.3, -0.25) is 4.21 Å². The number of hydrogen-bond donors (Lipinski definition) is 0. The van der Waals surface area contributed by atoms with Crippen molar-refractivity contribution in [1.29, 1.82) is 0 Å². The smallest absolute Gasteiger partial charge is 0.339 e. The van der Waals surface area contributed by atoms with Gasteiger partial charge >= 0.3 is 5.97 Å². The van der Waals surface area contributed by atoms with Gasteiger partial charge in [0.2, 0.25) is 0 Å². The first-order chi connectivity index (χ1) is 9.18. The molecule has 1 saturated carbocycles. The molecule has 0 amide bonds. The Morgan fingerprint density at radius 2 is 1.95 bits per heavy atom. The highest BCUT2D eigenvalue weighted by molar-refractivity contribution is 7.78. The predicted molar refractivity (Wildman–Crippen MR) is 71.5 cm³/mol. The van der Waals surface area contributed by atoms with Gasteiger partial charge in [-0.15, -0.1) is 0 Å². The fourth-order valence-corrected chi connectivity index (χ4v) is 2.84. The first-order valence-electron chi connectivity index (χ1n) is 6.50. The average molecular weight is 281 g/mol. The van der Waals surface area contributed by atoms with Gasteiger partial charge in [0, 0.05) is 0 Å². The minimum atomic E-state index is -2.36. The molecular formula is C14H17O4S-. The summed E-state index contributed by atoms with van der Waals surface area (Å²) in [6.07, 6.45) is 5.77. The van der Waals surface area contributed by atoms with Crippen molar-refractivity contribution < 1.29 is 18.3 Å². The quantitative estimate of drug-likeness (QED) is 0.628. The standard InChI is InChI=1S/C14H18O4S/c15-14(18-10-19(16)17)13-9-5-4-8-12(13)11-6-2-1-3-7-11/h4-5,8-9,11H,1-3,6-7,10H2,(H,16,17)/p-1. The summed E-state index contributed by atoms with van der Waals surface area (Å²) in [5, 5.41) is 0. The van der Waals surface area contributed by atoms with Gasteiger partial charge in [0.1, 0.15) is 0 Å². The Morgan fingerprint density at radius 3 is 2.63 bits per heavy atom. The van der Waals surface area contributed by atoms with E-state index in [2.05, 4.69) is 0 Å². The van der Waals surface area contributed by atoms with Crippen LogP contribution in [0.25, 0.3) is 0 Å². The molecule has 1 aromatic rings. The van der Waals surface area contributed by atoms with E-state index in [9.17, 15) is 13.6 Å². The Hall–Kier alpha value is -1.20. The molecule has 19 heavy (non-hydrogen) atoms. The van der Waals surface area contributed by atoms with E-state index in [0.717, 1.165) is 18.4 Å². The van der Waals surface area contributed by atoms with Crippen molar-refractivity contribution in [3.63, 3.8) is 0 Å². The first kappa shape index (κ1) is 14.2. The average Bonchev–Trinajstić information content (AvgIpc) is 2.45. The molecule has 1 unspecified atom stereocenters. The molecule has 1 aromatic carbocycles. The van der Waals surface area contributed by atoms with Crippen molar-refractivity contribution in [1.82, 2.24) is 0 Å². The monoisotopic (exact) mass is 281 g/mol. The molecule has 1 aliphatic rings. The molecule has 1 fully saturated rings. The molecule has 0 radical (unpaired) electrons. The Bertz CT molecular complexity index is 466. The summed E-state index contributed by atoms with van der Waals surface area (Å²) in [4.78, 5) is 11.9. The molecule has 2 rings (SSSR count). The van der Waals surface area contributed by atoms with E-state index >= 15 is 0 Å². The number of carbonyl (C=O) groups excluding carboxylic acids is 1. The molecule has 0 aromatic heterocycles. The van der Waals surface area contributed by atoms with Gasteiger partial charge in [-0.1, -0.05) is 37.5 Å². The topological polar surface area (TPSA) is 66.4 Å². The van der Waals surface area contributed by atoms with Crippen LogP contribution in [0.2, 0.25) is 0 Å². The third kappa shape index (κ3) is 3.88. The summed E-state index contributed by atoms with van der Waals surface area (Å²) in [5.41, 5.74) is 1.49. The van der Waals surface area contributed by atoms with Gasteiger partial charge in [-0.05, 0) is 41.5 Å². The minimum absolute atomic E-state index is 0.384. The molecule has 0 heterocycles. The normalized spacial score (nSPS) is 17.9. The molecule has 104 valence electrons. The predicted octanol–water partition coefficient (Wildman–Crippen LogP) is 2.73. The van der Waals surface area contributed by atoms with Crippen LogP contribution in [0.4, 0.5) is 0 Å².